The number of anilines is 3. The van der Waals surface area contributed by atoms with Gasteiger partial charge in [-0.05, 0) is 44.2 Å². The number of halogens is 3. The lowest BCUT2D eigenvalue weighted by atomic mass is 9.85. The molecule has 0 radical (unpaired) electrons. The maximum Gasteiger partial charge on any atom is 0.225 e. The molecule has 1 aliphatic heterocycles. The van der Waals surface area contributed by atoms with E-state index in [9.17, 15) is 4.79 Å². The second-order valence-electron chi connectivity index (χ2n) is 8.69. The SMILES string of the molecule is NC(=O)C1CCC(n2c(Nc3c(Cl)cc(Cl)cc3Cl)nc3cnc(N[C@H]4CCOC4)nc32)CC1. The molecule has 2 aromatic heterocycles. The Morgan fingerprint density at radius 2 is 1.82 bits per heavy atom. The number of carbonyl (C=O) groups excluding carboxylic acids is 1. The Kier molecular flexibility index (Phi) is 6.70. The molecule has 3 heterocycles. The van der Waals surface area contributed by atoms with Gasteiger partial charge in [0.15, 0.2) is 5.65 Å². The molecular weight excluding hydrogens is 501 g/mol. The predicted molar refractivity (Wildman–Crippen MR) is 133 cm³/mol. The summed E-state index contributed by atoms with van der Waals surface area (Å²) in [7, 11) is 0. The number of primary amides is 1. The maximum atomic E-state index is 11.7. The van der Waals surface area contributed by atoms with E-state index >= 15 is 0 Å². The number of ether oxygens (including phenoxy) is 1. The van der Waals surface area contributed by atoms with Gasteiger partial charge in [0.2, 0.25) is 17.8 Å². The quantitative estimate of drug-likeness (QED) is 0.417. The molecule has 1 saturated carbocycles. The van der Waals surface area contributed by atoms with Crippen LogP contribution in [0.5, 0.6) is 0 Å². The van der Waals surface area contributed by atoms with Crippen LogP contribution in [0.3, 0.4) is 0 Å². The summed E-state index contributed by atoms with van der Waals surface area (Å²) >= 11 is 18.9. The van der Waals surface area contributed by atoms with Gasteiger partial charge in [-0.3, -0.25) is 9.36 Å². The Balaban J connectivity index is 1.54. The number of nitrogens with two attached hydrogens (primary N) is 1. The highest BCUT2D eigenvalue weighted by molar-refractivity contribution is 6.41. The molecule has 0 spiro atoms. The summed E-state index contributed by atoms with van der Waals surface area (Å²) in [6.45, 7) is 1.34. The lowest BCUT2D eigenvalue weighted by Gasteiger charge is -2.29. The largest absolute Gasteiger partial charge is 0.379 e. The van der Waals surface area contributed by atoms with E-state index in [0.29, 0.717) is 63.3 Å². The van der Waals surface area contributed by atoms with E-state index in [2.05, 4.69) is 15.6 Å². The van der Waals surface area contributed by atoms with Crippen molar-refractivity contribution in [1.82, 2.24) is 19.5 Å². The van der Waals surface area contributed by atoms with E-state index in [4.69, 9.17) is 55.2 Å². The van der Waals surface area contributed by atoms with Crippen molar-refractivity contribution >= 4 is 69.5 Å². The molecule has 3 aromatic rings. The zero-order chi connectivity index (χ0) is 23.8. The van der Waals surface area contributed by atoms with Crippen LogP contribution in [-0.4, -0.2) is 44.7 Å². The zero-order valence-electron chi connectivity index (χ0n) is 18.2. The van der Waals surface area contributed by atoms with Crippen molar-refractivity contribution in [3.8, 4) is 0 Å². The van der Waals surface area contributed by atoms with Crippen LogP contribution in [0.2, 0.25) is 15.1 Å². The number of fused-ring (bicyclic) bond motifs is 1. The summed E-state index contributed by atoms with van der Waals surface area (Å²) in [4.78, 5) is 25.7. The van der Waals surface area contributed by atoms with Gasteiger partial charge in [0, 0.05) is 23.6 Å². The number of benzene rings is 1. The van der Waals surface area contributed by atoms with Crippen molar-refractivity contribution in [2.24, 2.45) is 11.7 Å². The first-order valence-corrected chi connectivity index (χ1v) is 12.3. The minimum absolute atomic E-state index is 0.0607. The van der Waals surface area contributed by atoms with Gasteiger partial charge in [-0.25, -0.2) is 9.97 Å². The number of hydrogen-bond donors (Lipinski definition) is 3. The number of hydrogen-bond acceptors (Lipinski definition) is 7. The molecule has 0 unspecified atom stereocenters. The molecule has 9 nitrogen and oxygen atoms in total. The van der Waals surface area contributed by atoms with Crippen molar-refractivity contribution in [2.75, 3.05) is 23.8 Å². The van der Waals surface area contributed by atoms with Crippen molar-refractivity contribution in [2.45, 2.75) is 44.2 Å². The number of nitrogens with zero attached hydrogens (tertiary/aromatic N) is 4. The van der Waals surface area contributed by atoms with Crippen molar-refractivity contribution < 1.29 is 9.53 Å². The standard InChI is InChI=1S/C22H24Cl3N7O2/c23-12-7-15(24)18(16(25)8-12)30-22-29-17-9-27-21(28-13-5-6-34-10-13)31-20(17)32(22)14-3-1-11(2-4-14)19(26)33/h7-9,11,13-14H,1-6,10H2,(H2,26,33)(H,29,30)(H,27,28,31)/t11?,13-,14?/m0/s1. The fourth-order valence-corrected chi connectivity index (χ4v) is 5.53. The first kappa shape index (κ1) is 23.4. The highest BCUT2D eigenvalue weighted by Gasteiger charge is 2.29. The second kappa shape index (κ2) is 9.73. The van der Waals surface area contributed by atoms with Crippen LogP contribution in [0.1, 0.15) is 38.1 Å². The minimum atomic E-state index is -0.250. The number of imidazole rings is 1. The molecule has 180 valence electrons. The first-order valence-electron chi connectivity index (χ1n) is 11.2. The molecule has 1 saturated heterocycles. The Labute approximate surface area is 211 Å². The zero-order valence-corrected chi connectivity index (χ0v) is 20.5. The van der Waals surface area contributed by atoms with Gasteiger partial charge in [-0.15, -0.1) is 0 Å². The summed E-state index contributed by atoms with van der Waals surface area (Å²) in [5.41, 5.74) is 7.37. The fraction of sp³-hybridized carbons (Fsp3) is 0.455. The number of nitrogens with one attached hydrogen (secondary N) is 2. The summed E-state index contributed by atoms with van der Waals surface area (Å²) in [5.74, 6) is 0.694. The second-order valence-corrected chi connectivity index (χ2v) is 9.94. The van der Waals surface area contributed by atoms with Crippen LogP contribution in [0.4, 0.5) is 17.6 Å². The molecule has 2 aliphatic rings. The van der Waals surface area contributed by atoms with Gasteiger partial charge in [0.1, 0.15) is 5.52 Å². The topological polar surface area (TPSA) is 120 Å². The highest BCUT2D eigenvalue weighted by Crippen LogP contribution is 2.40. The first-order chi connectivity index (χ1) is 16.4. The van der Waals surface area contributed by atoms with Crippen LogP contribution in [0, 0.1) is 5.92 Å². The molecule has 0 bridgehead atoms. The van der Waals surface area contributed by atoms with Crippen LogP contribution in [-0.2, 0) is 9.53 Å². The number of aromatic nitrogens is 4. The Morgan fingerprint density at radius 3 is 2.47 bits per heavy atom. The molecule has 1 aromatic carbocycles. The van der Waals surface area contributed by atoms with Crippen molar-refractivity contribution in [3.05, 3.63) is 33.4 Å². The average molecular weight is 525 g/mol. The molecule has 2 fully saturated rings. The predicted octanol–water partition coefficient (Wildman–Crippen LogP) is 4.95. The lowest BCUT2D eigenvalue weighted by molar-refractivity contribution is -0.122. The monoisotopic (exact) mass is 523 g/mol. The summed E-state index contributed by atoms with van der Waals surface area (Å²) in [5, 5.41) is 7.82. The van der Waals surface area contributed by atoms with Crippen LogP contribution < -0.4 is 16.4 Å². The Bertz CT molecular complexity index is 1200. The summed E-state index contributed by atoms with van der Waals surface area (Å²) in [6.07, 6.45) is 5.53. The summed E-state index contributed by atoms with van der Waals surface area (Å²) < 4.78 is 7.50. The van der Waals surface area contributed by atoms with E-state index in [1.807, 2.05) is 4.57 Å². The molecule has 34 heavy (non-hydrogen) atoms. The lowest BCUT2D eigenvalue weighted by Crippen LogP contribution is -2.29. The third kappa shape index (κ3) is 4.75. The highest BCUT2D eigenvalue weighted by atomic mass is 35.5. The van der Waals surface area contributed by atoms with Gasteiger partial charge < -0.3 is 21.1 Å². The fourth-order valence-electron chi connectivity index (χ4n) is 4.62. The van der Waals surface area contributed by atoms with E-state index < -0.39 is 0 Å². The van der Waals surface area contributed by atoms with Crippen LogP contribution in [0.25, 0.3) is 11.2 Å². The minimum Gasteiger partial charge on any atom is -0.379 e. The van der Waals surface area contributed by atoms with Gasteiger partial charge in [0.05, 0.1) is 34.6 Å². The van der Waals surface area contributed by atoms with E-state index in [0.717, 1.165) is 25.9 Å². The van der Waals surface area contributed by atoms with Gasteiger partial charge >= 0.3 is 0 Å². The van der Waals surface area contributed by atoms with Crippen LogP contribution in [0.15, 0.2) is 18.3 Å². The van der Waals surface area contributed by atoms with Crippen LogP contribution >= 0.6 is 34.8 Å². The third-order valence-electron chi connectivity index (χ3n) is 6.40. The van der Waals surface area contributed by atoms with Crippen molar-refractivity contribution in [3.63, 3.8) is 0 Å². The molecule has 1 amide bonds. The molecule has 12 heteroatoms. The average Bonchev–Trinajstić information content (AvgIpc) is 3.43. The molecule has 1 aliphatic carbocycles. The van der Waals surface area contributed by atoms with Gasteiger partial charge in [-0.2, -0.15) is 4.98 Å². The van der Waals surface area contributed by atoms with Gasteiger partial charge in [0.25, 0.3) is 0 Å². The van der Waals surface area contributed by atoms with E-state index in [1.54, 1.807) is 18.3 Å². The Hall–Kier alpha value is -2.33. The molecule has 5 rings (SSSR count). The van der Waals surface area contributed by atoms with E-state index in [1.165, 1.54) is 0 Å². The smallest absolute Gasteiger partial charge is 0.225 e. The number of amides is 1. The molecule has 1 atom stereocenters. The van der Waals surface area contributed by atoms with Crippen molar-refractivity contribution in [1.29, 1.82) is 0 Å². The normalized spacial score (nSPS) is 22.7. The Morgan fingerprint density at radius 1 is 1.09 bits per heavy atom. The maximum absolute atomic E-state index is 11.7. The van der Waals surface area contributed by atoms with E-state index in [-0.39, 0.29) is 23.9 Å². The number of carbonyl (C=O) groups is 1. The number of rotatable bonds is 6. The third-order valence-corrected chi connectivity index (χ3v) is 7.22. The molecule has 4 N–H and O–H groups in total. The summed E-state index contributed by atoms with van der Waals surface area (Å²) in [6, 6.07) is 3.47. The molecular formula is C22H24Cl3N7O2. The van der Waals surface area contributed by atoms with Gasteiger partial charge in [-0.1, -0.05) is 34.8 Å².